The second-order valence-corrected chi connectivity index (χ2v) is 5.89. The van der Waals surface area contributed by atoms with Crippen molar-refractivity contribution >= 4 is 0 Å². The summed E-state index contributed by atoms with van der Waals surface area (Å²) in [7, 11) is 0. The number of unbranched alkanes of at least 4 members (excludes halogenated alkanes) is 2. The van der Waals surface area contributed by atoms with Gasteiger partial charge >= 0.3 is 0 Å². The summed E-state index contributed by atoms with van der Waals surface area (Å²) in [4.78, 5) is 2.56. The predicted octanol–water partition coefficient (Wildman–Crippen LogP) is 3.09. The van der Waals surface area contributed by atoms with Crippen molar-refractivity contribution in [2.45, 2.75) is 39.0 Å². The Morgan fingerprint density at radius 3 is 2.52 bits per heavy atom. The Morgan fingerprint density at radius 1 is 1.05 bits per heavy atom. The van der Waals surface area contributed by atoms with Gasteiger partial charge in [-0.3, -0.25) is 0 Å². The molecule has 0 amide bonds. The molecule has 1 aromatic rings. The maximum absolute atomic E-state index is 5.75. The van der Waals surface area contributed by atoms with E-state index in [1.165, 1.54) is 50.9 Å². The van der Waals surface area contributed by atoms with E-state index in [9.17, 15) is 0 Å². The monoisotopic (exact) mass is 290 g/mol. The van der Waals surface area contributed by atoms with Crippen molar-refractivity contribution in [1.82, 2.24) is 10.2 Å². The molecule has 0 unspecified atom stereocenters. The van der Waals surface area contributed by atoms with Crippen molar-refractivity contribution < 1.29 is 4.74 Å². The minimum Gasteiger partial charge on any atom is -0.494 e. The molecule has 0 radical (unpaired) electrons. The van der Waals surface area contributed by atoms with Crippen LogP contribution in [0.15, 0.2) is 24.3 Å². The van der Waals surface area contributed by atoms with Gasteiger partial charge in [0.05, 0.1) is 6.61 Å². The van der Waals surface area contributed by atoms with Crippen LogP contribution in [0.25, 0.3) is 0 Å². The third kappa shape index (κ3) is 6.49. The highest BCUT2D eigenvalue weighted by molar-refractivity contribution is 5.27. The van der Waals surface area contributed by atoms with Gasteiger partial charge < -0.3 is 15.0 Å². The lowest BCUT2D eigenvalue weighted by atomic mass is 10.1. The van der Waals surface area contributed by atoms with Crippen LogP contribution in [-0.4, -0.2) is 44.2 Å². The van der Waals surface area contributed by atoms with Crippen LogP contribution in [0.1, 0.15) is 38.2 Å². The lowest BCUT2D eigenvalue weighted by Gasteiger charge is -2.27. The fourth-order valence-corrected chi connectivity index (χ4v) is 2.74. The average molecular weight is 290 g/mol. The lowest BCUT2D eigenvalue weighted by Crippen LogP contribution is -2.43. The molecule has 0 aliphatic carbocycles. The highest BCUT2D eigenvalue weighted by Crippen LogP contribution is 2.14. The summed E-state index contributed by atoms with van der Waals surface area (Å²) in [6.07, 6.45) is 6.07. The van der Waals surface area contributed by atoms with Gasteiger partial charge in [-0.15, -0.1) is 0 Å². The van der Waals surface area contributed by atoms with E-state index in [0.29, 0.717) is 0 Å². The number of rotatable bonds is 9. The van der Waals surface area contributed by atoms with Crippen LogP contribution in [0, 0.1) is 0 Å². The number of aryl methyl sites for hydroxylation is 1. The van der Waals surface area contributed by atoms with Gasteiger partial charge in [0.15, 0.2) is 0 Å². The molecule has 1 saturated heterocycles. The Morgan fingerprint density at radius 2 is 1.81 bits per heavy atom. The van der Waals surface area contributed by atoms with Crippen molar-refractivity contribution in [3.63, 3.8) is 0 Å². The summed E-state index contributed by atoms with van der Waals surface area (Å²) in [5, 5.41) is 3.40. The van der Waals surface area contributed by atoms with E-state index in [-0.39, 0.29) is 0 Å². The van der Waals surface area contributed by atoms with Crippen LogP contribution in [-0.2, 0) is 6.42 Å². The van der Waals surface area contributed by atoms with Crippen molar-refractivity contribution in [2.24, 2.45) is 0 Å². The maximum Gasteiger partial charge on any atom is 0.119 e. The molecule has 3 nitrogen and oxygen atoms in total. The van der Waals surface area contributed by atoms with Gasteiger partial charge in [-0.05, 0) is 43.5 Å². The molecular formula is C18H30N2O. The number of nitrogens with zero attached hydrogens (tertiary/aromatic N) is 1. The number of ether oxygens (including phenoxy) is 1. The molecule has 118 valence electrons. The number of hydrogen-bond acceptors (Lipinski definition) is 3. The molecule has 3 heteroatoms. The second kappa shape index (κ2) is 9.80. The quantitative estimate of drug-likeness (QED) is 0.707. The van der Waals surface area contributed by atoms with Crippen molar-refractivity contribution in [3.8, 4) is 5.75 Å². The molecule has 21 heavy (non-hydrogen) atoms. The van der Waals surface area contributed by atoms with Crippen molar-refractivity contribution in [1.29, 1.82) is 0 Å². The molecule has 1 fully saturated rings. The summed E-state index contributed by atoms with van der Waals surface area (Å²) in [5.74, 6) is 1.01. The van der Waals surface area contributed by atoms with Crippen LogP contribution in [0.5, 0.6) is 5.75 Å². The second-order valence-electron chi connectivity index (χ2n) is 5.89. The fourth-order valence-electron chi connectivity index (χ4n) is 2.74. The topological polar surface area (TPSA) is 24.5 Å². The largest absolute Gasteiger partial charge is 0.494 e. The summed E-state index contributed by atoms with van der Waals surface area (Å²) in [6.45, 7) is 8.96. The highest BCUT2D eigenvalue weighted by Gasteiger charge is 2.08. The van der Waals surface area contributed by atoms with Crippen molar-refractivity contribution in [3.05, 3.63) is 29.8 Å². The van der Waals surface area contributed by atoms with E-state index in [1.54, 1.807) is 0 Å². The Bertz CT molecular complexity index is 371. The normalized spacial score (nSPS) is 16.0. The molecule has 1 aliphatic heterocycles. The Hall–Kier alpha value is -1.06. The molecule has 0 aromatic heterocycles. The summed E-state index contributed by atoms with van der Waals surface area (Å²) < 4.78 is 5.75. The van der Waals surface area contributed by atoms with E-state index < -0.39 is 0 Å². The Labute approximate surface area is 129 Å². The number of nitrogens with one attached hydrogen (secondary N) is 1. The smallest absolute Gasteiger partial charge is 0.119 e. The first-order valence-electron chi connectivity index (χ1n) is 8.53. The van der Waals surface area contributed by atoms with Gasteiger partial charge in [0.2, 0.25) is 0 Å². The van der Waals surface area contributed by atoms with Gasteiger partial charge in [-0.25, -0.2) is 0 Å². The average Bonchev–Trinajstić information content (AvgIpc) is 2.54. The molecule has 1 heterocycles. The van der Waals surface area contributed by atoms with Gasteiger partial charge in [0.1, 0.15) is 5.75 Å². The van der Waals surface area contributed by atoms with Gasteiger partial charge in [-0.2, -0.15) is 0 Å². The van der Waals surface area contributed by atoms with Gasteiger partial charge in [-0.1, -0.05) is 31.9 Å². The zero-order valence-corrected chi connectivity index (χ0v) is 13.4. The fraction of sp³-hybridized carbons (Fsp3) is 0.667. The first-order valence-corrected chi connectivity index (χ1v) is 8.53. The predicted molar refractivity (Wildman–Crippen MR) is 89.1 cm³/mol. The van der Waals surface area contributed by atoms with E-state index in [4.69, 9.17) is 4.74 Å². The standard InChI is InChI=1S/C18H30N2O/c1-2-3-4-16-21-18-9-7-17(8-10-18)6-5-13-20-14-11-19-12-15-20/h7-10,19H,2-6,11-16H2,1H3. The molecule has 1 N–H and O–H groups in total. The van der Waals surface area contributed by atoms with E-state index in [2.05, 4.69) is 41.4 Å². The van der Waals surface area contributed by atoms with Crippen LogP contribution in [0.2, 0.25) is 0 Å². The van der Waals surface area contributed by atoms with E-state index in [0.717, 1.165) is 31.9 Å². The maximum atomic E-state index is 5.75. The third-order valence-corrected chi connectivity index (χ3v) is 4.09. The molecule has 0 bridgehead atoms. The first kappa shape index (κ1) is 16.3. The summed E-state index contributed by atoms with van der Waals surface area (Å²) in [6, 6.07) is 8.66. The lowest BCUT2D eigenvalue weighted by molar-refractivity contribution is 0.238. The van der Waals surface area contributed by atoms with Gasteiger partial charge in [0.25, 0.3) is 0 Å². The summed E-state index contributed by atoms with van der Waals surface area (Å²) in [5.41, 5.74) is 1.42. The number of piperazine rings is 1. The molecular weight excluding hydrogens is 260 g/mol. The molecule has 1 aliphatic rings. The Balaban J connectivity index is 1.62. The minimum absolute atomic E-state index is 0.843. The van der Waals surface area contributed by atoms with E-state index >= 15 is 0 Å². The molecule has 1 aromatic carbocycles. The van der Waals surface area contributed by atoms with Crippen LogP contribution in [0.4, 0.5) is 0 Å². The number of hydrogen-bond donors (Lipinski definition) is 1. The SMILES string of the molecule is CCCCCOc1ccc(CCCN2CCNCC2)cc1. The third-order valence-electron chi connectivity index (χ3n) is 4.09. The van der Waals surface area contributed by atoms with Crippen LogP contribution < -0.4 is 10.1 Å². The Kier molecular flexibility index (Phi) is 7.61. The minimum atomic E-state index is 0.843. The molecule has 0 saturated carbocycles. The molecule has 0 spiro atoms. The summed E-state index contributed by atoms with van der Waals surface area (Å²) >= 11 is 0. The van der Waals surface area contributed by atoms with Crippen LogP contribution in [0.3, 0.4) is 0 Å². The highest BCUT2D eigenvalue weighted by atomic mass is 16.5. The molecule has 2 rings (SSSR count). The van der Waals surface area contributed by atoms with Crippen molar-refractivity contribution in [2.75, 3.05) is 39.3 Å². The zero-order chi connectivity index (χ0) is 14.8. The zero-order valence-electron chi connectivity index (χ0n) is 13.4. The number of benzene rings is 1. The molecule has 0 atom stereocenters. The van der Waals surface area contributed by atoms with E-state index in [1.807, 2.05) is 0 Å². The van der Waals surface area contributed by atoms with Crippen LogP contribution >= 0.6 is 0 Å². The van der Waals surface area contributed by atoms with Gasteiger partial charge in [0, 0.05) is 26.2 Å². The first-order chi connectivity index (χ1) is 10.4.